The fourth-order valence-corrected chi connectivity index (χ4v) is 5.06. The molecule has 2 fully saturated rings. The van der Waals surface area contributed by atoms with Gasteiger partial charge in [-0.25, -0.2) is 14.3 Å². The number of aryl methyl sites for hydroxylation is 1. The van der Waals surface area contributed by atoms with E-state index in [0.717, 1.165) is 28.6 Å². The van der Waals surface area contributed by atoms with Crippen molar-refractivity contribution in [3.63, 3.8) is 0 Å². The van der Waals surface area contributed by atoms with Gasteiger partial charge in [-0.05, 0) is 58.4 Å². The van der Waals surface area contributed by atoms with Gasteiger partial charge >= 0.3 is 6.09 Å². The second-order valence-electron chi connectivity index (χ2n) is 11.4. The van der Waals surface area contributed by atoms with Gasteiger partial charge in [0.15, 0.2) is 5.65 Å². The molecule has 33 heavy (non-hydrogen) atoms. The van der Waals surface area contributed by atoms with Crippen molar-refractivity contribution in [1.29, 1.82) is 0 Å². The zero-order valence-corrected chi connectivity index (χ0v) is 21.3. The van der Waals surface area contributed by atoms with Gasteiger partial charge in [0.25, 0.3) is 0 Å². The van der Waals surface area contributed by atoms with Gasteiger partial charge in [0, 0.05) is 17.7 Å². The number of rotatable bonds is 3. The molecular weight excluding hydrogens is 416 g/mol. The van der Waals surface area contributed by atoms with Crippen LogP contribution in [0.5, 0.6) is 0 Å². The van der Waals surface area contributed by atoms with Crippen molar-refractivity contribution in [1.82, 2.24) is 19.5 Å². The first-order valence-electron chi connectivity index (χ1n) is 12.5. The molecule has 1 aliphatic carbocycles. The molecule has 1 amide bonds. The summed E-state index contributed by atoms with van der Waals surface area (Å²) in [6.45, 7) is 15.2. The molecular formula is C26H40N4O3. The van der Waals surface area contributed by atoms with Crippen molar-refractivity contribution in [2.45, 2.75) is 97.8 Å². The highest BCUT2D eigenvalue weighted by Gasteiger charge is 2.38. The smallest absolute Gasteiger partial charge is 0.410 e. The van der Waals surface area contributed by atoms with Gasteiger partial charge in [-0.2, -0.15) is 5.10 Å². The van der Waals surface area contributed by atoms with Crippen LogP contribution >= 0.6 is 0 Å². The first-order chi connectivity index (χ1) is 15.5. The molecule has 2 aliphatic rings. The Morgan fingerprint density at radius 1 is 1.18 bits per heavy atom. The fraction of sp³-hybridized carbons (Fsp3) is 0.731. The first kappa shape index (κ1) is 24.0. The van der Waals surface area contributed by atoms with E-state index < -0.39 is 5.60 Å². The molecule has 0 radical (unpaired) electrons. The van der Waals surface area contributed by atoms with E-state index in [-0.39, 0.29) is 24.2 Å². The highest BCUT2D eigenvalue weighted by Crippen LogP contribution is 2.36. The zero-order chi connectivity index (χ0) is 23.9. The van der Waals surface area contributed by atoms with E-state index in [9.17, 15) is 4.79 Å². The Kier molecular flexibility index (Phi) is 6.72. The van der Waals surface area contributed by atoms with Crippen LogP contribution in [0.15, 0.2) is 12.1 Å². The summed E-state index contributed by atoms with van der Waals surface area (Å²) in [6.07, 6.45) is 4.31. The molecule has 2 atom stereocenters. The van der Waals surface area contributed by atoms with Gasteiger partial charge in [-0.15, -0.1) is 0 Å². The van der Waals surface area contributed by atoms with Crippen molar-refractivity contribution in [3.05, 3.63) is 29.2 Å². The maximum absolute atomic E-state index is 13.1. The molecule has 3 heterocycles. The molecule has 1 aliphatic heterocycles. The molecule has 2 aromatic rings. The minimum absolute atomic E-state index is 0.0214. The van der Waals surface area contributed by atoms with Crippen LogP contribution in [0.2, 0.25) is 0 Å². The quantitative estimate of drug-likeness (QED) is 0.596. The van der Waals surface area contributed by atoms with Crippen LogP contribution in [-0.4, -0.2) is 50.4 Å². The number of aromatic nitrogens is 3. The van der Waals surface area contributed by atoms with Crippen LogP contribution in [0.4, 0.5) is 4.79 Å². The number of hydrogen-bond acceptors (Lipinski definition) is 5. The summed E-state index contributed by atoms with van der Waals surface area (Å²) in [7, 11) is 0. The normalized spacial score (nSPS) is 26.7. The lowest BCUT2D eigenvalue weighted by Crippen LogP contribution is -2.53. The van der Waals surface area contributed by atoms with Crippen LogP contribution in [0.25, 0.3) is 5.65 Å². The third-order valence-corrected chi connectivity index (χ3v) is 6.99. The lowest BCUT2D eigenvalue weighted by atomic mass is 9.81. The van der Waals surface area contributed by atoms with Gasteiger partial charge in [0.2, 0.25) is 0 Å². The van der Waals surface area contributed by atoms with Crippen molar-refractivity contribution >= 4 is 11.7 Å². The van der Waals surface area contributed by atoms with E-state index in [4.69, 9.17) is 19.6 Å². The summed E-state index contributed by atoms with van der Waals surface area (Å²) in [4.78, 5) is 19.7. The molecule has 0 spiro atoms. The third kappa shape index (κ3) is 5.34. The third-order valence-electron chi connectivity index (χ3n) is 6.99. The van der Waals surface area contributed by atoms with E-state index in [1.165, 1.54) is 25.7 Å². The maximum atomic E-state index is 13.1. The van der Waals surface area contributed by atoms with Crippen LogP contribution in [0.3, 0.4) is 0 Å². The number of amides is 1. The molecule has 0 aromatic carbocycles. The first-order valence-corrected chi connectivity index (χ1v) is 12.5. The second-order valence-corrected chi connectivity index (χ2v) is 11.4. The summed E-state index contributed by atoms with van der Waals surface area (Å²) in [6, 6.07) is 4.16. The van der Waals surface area contributed by atoms with Gasteiger partial charge in [0.05, 0.1) is 30.6 Å². The Bertz CT molecular complexity index is 985. The van der Waals surface area contributed by atoms with E-state index in [1.54, 1.807) is 0 Å². The van der Waals surface area contributed by atoms with Gasteiger partial charge in [-0.1, -0.05) is 33.6 Å². The second kappa shape index (κ2) is 9.24. The summed E-state index contributed by atoms with van der Waals surface area (Å²) in [5.41, 5.74) is 3.32. The predicted molar refractivity (Wildman–Crippen MR) is 128 cm³/mol. The standard InChI is InChI=1S/C26H40N4O3/c1-16(2)22-15-32-23(14-29(22)25(31)33-26(5,6)7)21-12-18(4)27-24-13-20(28-30(21)24)19-10-8-17(3)9-11-19/h12-13,16-17,19,22-23H,8-11,14-15H2,1-7H3/t17-,19-,22-,23-/m1/s1. The molecule has 7 nitrogen and oxygen atoms in total. The van der Waals surface area contributed by atoms with Gasteiger partial charge in [-0.3, -0.25) is 4.90 Å². The summed E-state index contributed by atoms with van der Waals surface area (Å²) in [5, 5.41) is 5.00. The number of carbonyl (C=O) groups is 1. The molecule has 1 saturated carbocycles. The van der Waals surface area contributed by atoms with E-state index in [1.807, 2.05) is 43.2 Å². The van der Waals surface area contributed by atoms with E-state index in [2.05, 4.69) is 26.8 Å². The average Bonchev–Trinajstić information content (AvgIpc) is 3.15. The maximum Gasteiger partial charge on any atom is 0.410 e. The lowest BCUT2D eigenvalue weighted by Gasteiger charge is -2.42. The summed E-state index contributed by atoms with van der Waals surface area (Å²) >= 11 is 0. The van der Waals surface area contributed by atoms with Crippen molar-refractivity contribution in [2.24, 2.45) is 11.8 Å². The van der Waals surface area contributed by atoms with Gasteiger partial charge in [0.1, 0.15) is 11.7 Å². The molecule has 2 aromatic heterocycles. The van der Waals surface area contributed by atoms with E-state index >= 15 is 0 Å². The molecule has 0 bridgehead atoms. The zero-order valence-electron chi connectivity index (χ0n) is 21.3. The molecule has 1 saturated heterocycles. The number of carbonyl (C=O) groups excluding carboxylic acids is 1. The number of fused-ring (bicyclic) bond motifs is 1. The van der Waals surface area contributed by atoms with Crippen molar-refractivity contribution < 1.29 is 14.3 Å². The number of morpholine rings is 1. The van der Waals surface area contributed by atoms with Crippen LogP contribution in [0, 0.1) is 18.8 Å². The SMILES string of the molecule is Cc1cc([C@H]2CN(C(=O)OC(C)(C)C)[C@@H](C(C)C)CO2)n2nc([C@H]3CC[C@H](C)CC3)cc2n1. The van der Waals surface area contributed by atoms with Gasteiger partial charge < -0.3 is 9.47 Å². The summed E-state index contributed by atoms with van der Waals surface area (Å²) < 4.78 is 14.0. The Morgan fingerprint density at radius 3 is 2.52 bits per heavy atom. The molecule has 7 heteroatoms. The fourth-order valence-electron chi connectivity index (χ4n) is 5.06. The Balaban J connectivity index is 1.64. The van der Waals surface area contributed by atoms with Crippen LogP contribution < -0.4 is 0 Å². The van der Waals surface area contributed by atoms with Crippen LogP contribution in [0.1, 0.15) is 96.3 Å². The Morgan fingerprint density at radius 2 is 1.88 bits per heavy atom. The highest BCUT2D eigenvalue weighted by atomic mass is 16.6. The molecule has 0 unspecified atom stereocenters. The average molecular weight is 457 g/mol. The largest absolute Gasteiger partial charge is 0.444 e. The molecule has 182 valence electrons. The lowest BCUT2D eigenvalue weighted by molar-refractivity contribution is -0.0833. The molecule has 0 N–H and O–H groups in total. The topological polar surface area (TPSA) is 69.0 Å². The minimum atomic E-state index is -0.540. The summed E-state index contributed by atoms with van der Waals surface area (Å²) in [5.74, 6) is 1.56. The number of ether oxygens (including phenoxy) is 2. The number of nitrogens with zero attached hydrogens (tertiary/aromatic N) is 4. The van der Waals surface area contributed by atoms with Crippen molar-refractivity contribution in [3.8, 4) is 0 Å². The number of hydrogen-bond donors (Lipinski definition) is 0. The minimum Gasteiger partial charge on any atom is -0.444 e. The Labute approximate surface area is 197 Å². The van der Waals surface area contributed by atoms with Crippen LogP contribution in [-0.2, 0) is 9.47 Å². The van der Waals surface area contributed by atoms with Crippen molar-refractivity contribution in [2.75, 3.05) is 13.2 Å². The Hall–Kier alpha value is -2.15. The molecule has 4 rings (SSSR count). The van der Waals surface area contributed by atoms with E-state index in [0.29, 0.717) is 19.1 Å². The predicted octanol–water partition coefficient (Wildman–Crippen LogP) is 5.66. The highest BCUT2D eigenvalue weighted by molar-refractivity contribution is 5.69. The monoisotopic (exact) mass is 456 g/mol.